The minimum Gasteiger partial charge on any atom is -0.508 e. The molecule has 3 rings (SSSR count). The summed E-state index contributed by atoms with van der Waals surface area (Å²) in [5.74, 6) is -0.822. The number of fused-ring (bicyclic) bond motifs is 1. The van der Waals surface area contributed by atoms with Crippen LogP contribution in [-0.2, 0) is 0 Å². The normalized spacial score (nSPS) is 13.7. The molecule has 0 aliphatic carbocycles. The van der Waals surface area contributed by atoms with Crippen LogP contribution in [0.15, 0.2) is 30.3 Å². The molecule has 0 radical (unpaired) electrons. The van der Waals surface area contributed by atoms with E-state index < -0.39 is 11.8 Å². The van der Waals surface area contributed by atoms with E-state index in [-0.39, 0.29) is 22.6 Å². The van der Waals surface area contributed by atoms with Gasteiger partial charge in [0.15, 0.2) is 0 Å². The maximum Gasteiger partial charge on any atom is 0.266 e. The number of carbonyl (C=O) groups excluding carboxylic acids is 2. The highest BCUT2D eigenvalue weighted by Crippen LogP contribution is 2.34. The summed E-state index contributed by atoms with van der Waals surface area (Å²) in [5.41, 5.74) is 2.03. The number of amides is 2. The summed E-state index contributed by atoms with van der Waals surface area (Å²) in [4.78, 5) is 25.8. The number of aryl methyl sites for hydroxylation is 2. The van der Waals surface area contributed by atoms with Crippen molar-refractivity contribution in [1.29, 1.82) is 0 Å². The molecule has 2 aromatic carbocycles. The lowest BCUT2D eigenvalue weighted by molar-refractivity contribution is 0.0926. The number of anilines is 1. The number of rotatable bonds is 1. The standard InChI is InChI=1S/C16H13NO4/c1-8-5-10(6-9(2)14(8)19)17-15(20)12-4-3-11(18)7-13(12)16(17)21/h3-7,18-19H,1-2H3. The van der Waals surface area contributed by atoms with E-state index in [9.17, 15) is 19.8 Å². The lowest BCUT2D eigenvalue weighted by Crippen LogP contribution is -2.29. The van der Waals surface area contributed by atoms with Crippen molar-refractivity contribution in [2.45, 2.75) is 13.8 Å². The SMILES string of the molecule is Cc1cc(N2C(=O)c3ccc(O)cc3C2=O)cc(C)c1O. The Morgan fingerprint density at radius 2 is 1.43 bits per heavy atom. The van der Waals surface area contributed by atoms with Gasteiger partial charge in [0.1, 0.15) is 11.5 Å². The second kappa shape index (κ2) is 4.34. The Kier molecular flexibility index (Phi) is 2.73. The average Bonchev–Trinajstić information content (AvgIpc) is 2.67. The Labute approximate surface area is 121 Å². The molecule has 0 fully saturated rings. The quantitative estimate of drug-likeness (QED) is 0.788. The number of aromatic hydroxyl groups is 2. The molecule has 2 aromatic rings. The smallest absolute Gasteiger partial charge is 0.266 e. The van der Waals surface area contributed by atoms with Gasteiger partial charge in [0.2, 0.25) is 0 Å². The maximum absolute atomic E-state index is 12.4. The van der Waals surface area contributed by atoms with E-state index in [4.69, 9.17) is 0 Å². The summed E-state index contributed by atoms with van der Waals surface area (Å²) in [6, 6.07) is 7.27. The number of phenols is 2. The van der Waals surface area contributed by atoms with Gasteiger partial charge in [-0.1, -0.05) is 0 Å². The maximum atomic E-state index is 12.4. The average molecular weight is 283 g/mol. The van der Waals surface area contributed by atoms with Crippen LogP contribution in [0.5, 0.6) is 11.5 Å². The molecule has 1 heterocycles. The summed E-state index contributed by atoms with van der Waals surface area (Å²) in [6.07, 6.45) is 0. The van der Waals surface area contributed by atoms with E-state index in [1.165, 1.54) is 18.2 Å². The highest BCUT2D eigenvalue weighted by Gasteiger charge is 2.37. The fraction of sp³-hybridized carbons (Fsp3) is 0.125. The molecule has 21 heavy (non-hydrogen) atoms. The van der Waals surface area contributed by atoms with Crippen LogP contribution in [0.4, 0.5) is 5.69 Å². The van der Waals surface area contributed by atoms with E-state index in [0.29, 0.717) is 16.8 Å². The second-order valence-corrected chi connectivity index (χ2v) is 5.10. The van der Waals surface area contributed by atoms with Crippen molar-refractivity contribution in [3.8, 4) is 11.5 Å². The molecule has 1 aliphatic heterocycles. The van der Waals surface area contributed by atoms with E-state index in [0.717, 1.165) is 4.90 Å². The highest BCUT2D eigenvalue weighted by atomic mass is 16.3. The van der Waals surface area contributed by atoms with Gasteiger partial charge in [-0.05, 0) is 55.3 Å². The third-order valence-electron chi connectivity index (χ3n) is 3.60. The molecular weight excluding hydrogens is 270 g/mol. The first-order valence-corrected chi connectivity index (χ1v) is 6.42. The molecule has 0 saturated heterocycles. The summed E-state index contributed by atoms with van der Waals surface area (Å²) in [7, 11) is 0. The topological polar surface area (TPSA) is 77.8 Å². The number of nitrogens with zero attached hydrogens (tertiary/aromatic N) is 1. The Balaban J connectivity index is 2.14. The molecule has 1 aliphatic rings. The number of carbonyl (C=O) groups is 2. The van der Waals surface area contributed by atoms with Crippen molar-refractivity contribution in [2.75, 3.05) is 4.90 Å². The van der Waals surface area contributed by atoms with Gasteiger partial charge >= 0.3 is 0 Å². The van der Waals surface area contributed by atoms with E-state index in [1.807, 2.05) is 0 Å². The van der Waals surface area contributed by atoms with Gasteiger partial charge in [0.05, 0.1) is 16.8 Å². The van der Waals surface area contributed by atoms with Crippen LogP contribution in [-0.4, -0.2) is 22.0 Å². The first-order valence-electron chi connectivity index (χ1n) is 6.42. The van der Waals surface area contributed by atoms with Crippen LogP contribution in [0.25, 0.3) is 0 Å². The summed E-state index contributed by atoms with van der Waals surface area (Å²) >= 11 is 0. The Hall–Kier alpha value is -2.82. The van der Waals surface area contributed by atoms with Crippen LogP contribution < -0.4 is 4.90 Å². The minimum atomic E-state index is -0.476. The van der Waals surface area contributed by atoms with E-state index >= 15 is 0 Å². The molecule has 106 valence electrons. The summed E-state index contributed by atoms with van der Waals surface area (Å²) in [6.45, 7) is 3.41. The van der Waals surface area contributed by atoms with Crippen LogP contribution in [0.3, 0.4) is 0 Å². The zero-order valence-corrected chi connectivity index (χ0v) is 11.5. The zero-order valence-electron chi connectivity index (χ0n) is 11.5. The van der Waals surface area contributed by atoms with Gasteiger partial charge < -0.3 is 10.2 Å². The monoisotopic (exact) mass is 283 g/mol. The van der Waals surface area contributed by atoms with Crippen molar-refractivity contribution >= 4 is 17.5 Å². The van der Waals surface area contributed by atoms with Crippen LogP contribution >= 0.6 is 0 Å². The molecule has 2 amide bonds. The number of benzene rings is 2. The first-order chi connectivity index (χ1) is 9.90. The Morgan fingerprint density at radius 3 is 2.05 bits per heavy atom. The van der Waals surface area contributed by atoms with Crippen molar-refractivity contribution in [3.63, 3.8) is 0 Å². The number of imide groups is 1. The van der Waals surface area contributed by atoms with Gasteiger partial charge in [-0.15, -0.1) is 0 Å². The van der Waals surface area contributed by atoms with Crippen molar-refractivity contribution in [1.82, 2.24) is 0 Å². The fourth-order valence-electron chi connectivity index (χ4n) is 2.53. The largest absolute Gasteiger partial charge is 0.508 e. The molecule has 0 atom stereocenters. The van der Waals surface area contributed by atoms with Gasteiger partial charge in [-0.3, -0.25) is 9.59 Å². The molecule has 2 N–H and O–H groups in total. The van der Waals surface area contributed by atoms with Crippen LogP contribution in [0.1, 0.15) is 31.8 Å². The lowest BCUT2D eigenvalue weighted by atomic mass is 10.1. The third kappa shape index (κ3) is 1.86. The molecule has 0 spiro atoms. The van der Waals surface area contributed by atoms with Crippen LogP contribution in [0, 0.1) is 13.8 Å². The van der Waals surface area contributed by atoms with Crippen molar-refractivity contribution in [2.24, 2.45) is 0 Å². The zero-order chi connectivity index (χ0) is 15.3. The predicted octanol–water partition coefficient (Wildman–Crippen LogP) is 2.52. The van der Waals surface area contributed by atoms with E-state index in [1.54, 1.807) is 26.0 Å². The number of hydrogen-bond acceptors (Lipinski definition) is 4. The molecule has 0 unspecified atom stereocenters. The predicted molar refractivity (Wildman–Crippen MR) is 76.8 cm³/mol. The van der Waals surface area contributed by atoms with Crippen LogP contribution in [0.2, 0.25) is 0 Å². The number of phenolic OH excluding ortho intramolecular Hbond substituents is 2. The molecule has 5 heteroatoms. The van der Waals surface area contributed by atoms with Gasteiger partial charge in [-0.2, -0.15) is 0 Å². The fourth-order valence-corrected chi connectivity index (χ4v) is 2.53. The molecule has 5 nitrogen and oxygen atoms in total. The van der Waals surface area contributed by atoms with Gasteiger partial charge in [0, 0.05) is 0 Å². The first kappa shape index (κ1) is 13.2. The van der Waals surface area contributed by atoms with E-state index in [2.05, 4.69) is 0 Å². The van der Waals surface area contributed by atoms with Crippen molar-refractivity contribution in [3.05, 3.63) is 52.6 Å². The minimum absolute atomic E-state index is 0.0604. The van der Waals surface area contributed by atoms with Gasteiger partial charge in [0.25, 0.3) is 11.8 Å². The highest BCUT2D eigenvalue weighted by molar-refractivity contribution is 6.34. The Bertz CT molecular complexity index is 772. The molecule has 0 saturated carbocycles. The lowest BCUT2D eigenvalue weighted by Gasteiger charge is -2.16. The Morgan fingerprint density at radius 1 is 0.857 bits per heavy atom. The molecule has 0 bridgehead atoms. The summed E-state index contributed by atoms with van der Waals surface area (Å²) in [5, 5.41) is 19.3. The van der Waals surface area contributed by atoms with Gasteiger partial charge in [-0.25, -0.2) is 4.90 Å². The second-order valence-electron chi connectivity index (χ2n) is 5.10. The number of hydrogen-bond donors (Lipinski definition) is 2. The third-order valence-corrected chi connectivity index (χ3v) is 3.60. The molecule has 0 aromatic heterocycles. The van der Waals surface area contributed by atoms with Crippen molar-refractivity contribution < 1.29 is 19.8 Å². The molecular formula is C16H13NO4. The summed E-state index contributed by atoms with van der Waals surface area (Å²) < 4.78 is 0.